The van der Waals surface area contributed by atoms with E-state index in [4.69, 9.17) is 16.2 Å². The van der Waals surface area contributed by atoms with Crippen molar-refractivity contribution in [3.63, 3.8) is 0 Å². The second-order valence-electron chi connectivity index (χ2n) is 4.37. The molecular formula is C10H23N3O. The third-order valence-corrected chi connectivity index (χ3v) is 2.61. The van der Waals surface area contributed by atoms with Crippen LogP contribution in [-0.4, -0.2) is 41.6 Å². The van der Waals surface area contributed by atoms with Crippen molar-refractivity contribution in [3.05, 3.63) is 0 Å². The van der Waals surface area contributed by atoms with Gasteiger partial charge in [-0.05, 0) is 40.3 Å². The summed E-state index contributed by atoms with van der Waals surface area (Å²) in [5, 5.41) is 16.2. The Hall–Kier alpha value is -0.610. The summed E-state index contributed by atoms with van der Waals surface area (Å²) >= 11 is 0. The van der Waals surface area contributed by atoms with Crippen LogP contribution in [-0.2, 0) is 0 Å². The number of unbranched alkanes of at least 4 members (excludes halogenated alkanes) is 1. The predicted molar refractivity (Wildman–Crippen MR) is 59.6 cm³/mol. The molecule has 0 heterocycles. The van der Waals surface area contributed by atoms with Gasteiger partial charge in [0.1, 0.15) is 0 Å². The van der Waals surface area contributed by atoms with Crippen molar-refractivity contribution >= 4 is 5.84 Å². The van der Waals surface area contributed by atoms with Gasteiger partial charge in [-0.2, -0.15) is 0 Å². The number of amidine groups is 1. The van der Waals surface area contributed by atoms with Gasteiger partial charge in [0.05, 0.1) is 12.4 Å². The standard InChI is InChI=1S/C10H23N3O/c1-10(2,8-14)13(3)7-5-4-6-9(11)12/h14H,4-8H2,1-3H3,(H3,11,12). The molecule has 0 saturated carbocycles. The van der Waals surface area contributed by atoms with Gasteiger partial charge in [0.2, 0.25) is 0 Å². The van der Waals surface area contributed by atoms with E-state index in [-0.39, 0.29) is 18.0 Å². The first kappa shape index (κ1) is 13.4. The van der Waals surface area contributed by atoms with Gasteiger partial charge in [0.25, 0.3) is 0 Å². The summed E-state index contributed by atoms with van der Waals surface area (Å²) in [5.41, 5.74) is 5.09. The molecule has 4 nitrogen and oxygen atoms in total. The number of nitrogens with two attached hydrogens (primary N) is 1. The predicted octanol–water partition coefficient (Wildman–Crippen LogP) is 0.795. The average molecular weight is 201 g/mol. The zero-order chi connectivity index (χ0) is 11.2. The van der Waals surface area contributed by atoms with Crippen LogP contribution in [0.15, 0.2) is 0 Å². The molecule has 0 aromatic rings. The Morgan fingerprint density at radius 2 is 2.00 bits per heavy atom. The van der Waals surface area contributed by atoms with Crippen molar-refractivity contribution in [2.24, 2.45) is 5.73 Å². The van der Waals surface area contributed by atoms with Crippen molar-refractivity contribution in [3.8, 4) is 0 Å². The van der Waals surface area contributed by atoms with Gasteiger partial charge in [-0.15, -0.1) is 0 Å². The number of likely N-dealkylation sites (N-methyl/N-ethyl adjacent to an activating group) is 1. The van der Waals surface area contributed by atoms with Crippen LogP contribution in [0, 0.1) is 5.41 Å². The first-order valence-electron chi connectivity index (χ1n) is 5.05. The smallest absolute Gasteiger partial charge is 0.0905 e. The van der Waals surface area contributed by atoms with Crippen molar-refractivity contribution in [1.29, 1.82) is 5.41 Å². The maximum atomic E-state index is 9.11. The number of nitrogens with zero attached hydrogens (tertiary/aromatic N) is 1. The molecule has 0 aromatic carbocycles. The number of nitrogens with one attached hydrogen (secondary N) is 1. The number of rotatable bonds is 7. The maximum Gasteiger partial charge on any atom is 0.0905 e. The van der Waals surface area contributed by atoms with Gasteiger partial charge < -0.3 is 10.8 Å². The summed E-state index contributed by atoms with van der Waals surface area (Å²) < 4.78 is 0. The van der Waals surface area contributed by atoms with E-state index in [0.717, 1.165) is 19.4 Å². The van der Waals surface area contributed by atoms with Crippen molar-refractivity contribution < 1.29 is 5.11 Å². The lowest BCUT2D eigenvalue weighted by Gasteiger charge is -2.33. The van der Waals surface area contributed by atoms with E-state index in [1.807, 2.05) is 20.9 Å². The normalized spacial score (nSPS) is 12.1. The van der Waals surface area contributed by atoms with Crippen LogP contribution in [0.5, 0.6) is 0 Å². The van der Waals surface area contributed by atoms with Crippen LogP contribution in [0.3, 0.4) is 0 Å². The second kappa shape index (κ2) is 5.98. The minimum Gasteiger partial charge on any atom is -0.394 e. The summed E-state index contributed by atoms with van der Waals surface area (Å²) in [4.78, 5) is 2.13. The lowest BCUT2D eigenvalue weighted by Crippen LogP contribution is -2.44. The molecule has 4 N–H and O–H groups in total. The van der Waals surface area contributed by atoms with Crippen molar-refractivity contribution in [2.45, 2.75) is 38.6 Å². The fourth-order valence-corrected chi connectivity index (χ4v) is 1.09. The van der Waals surface area contributed by atoms with Crippen molar-refractivity contribution in [2.75, 3.05) is 20.2 Å². The van der Waals surface area contributed by atoms with Gasteiger partial charge in [-0.1, -0.05) is 0 Å². The highest BCUT2D eigenvalue weighted by Crippen LogP contribution is 2.11. The molecule has 14 heavy (non-hydrogen) atoms. The lowest BCUT2D eigenvalue weighted by atomic mass is 10.0. The second-order valence-corrected chi connectivity index (χ2v) is 4.37. The Kier molecular flexibility index (Phi) is 5.72. The largest absolute Gasteiger partial charge is 0.394 e. The molecule has 0 aliphatic carbocycles. The van der Waals surface area contributed by atoms with Crippen molar-refractivity contribution in [1.82, 2.24) is 4.90 Å². The molecule has 0 unspecified atom stereocenters. The fraction of sp³-hybridized carbons (Fsp3) is 0.900. The van der Waals surface area contributed by atoms with E-state index >= 15 is 0 Å². The Bertz CT molecular complexity index is 180. The Morgan fingerprint density at radius 3 is 2.43 bits per heavy atom. The van der Waals surface area contributed by atoms with E-state index in [2.05, 4.69) is 4.90 Å². The molecule has 0 amide bonds. The number of aliphatic hydroxyl groups excluding tert-OH is 1. The number of hydrogen-bond donors (Lipinski definition) is 3. The first-order chi connectivity index (χ1) is 6.40. The Labute approximate surface area is 86.6 Å². The number of hydrogen-bond acceptors (Lipinski definition) is 3. The Balaban J connectivity index is 3.63. The van der Waals surface area contributed by atoms with Crippen LogP contribution in [0.2, 0.25) is 0 Å². The van der Waals surface area contributed by atoms with E-state index in [1.165, 1.54) is 0 Å². The lowest BCUT2D eigenvalue weighted by molar-refractivity contribution is 0.0779. The molecule has 0 rings (SSSR count). The van der Waals surface area contributed by atoms with E-state index in [1.54, 1.807) is 0 Å². The third kappa shape index (κ3) is 5.19. The van der Waals surface area contributed by atoms with Gasteiger partial charge in [-0.25, -0.2) is 0 Å². The monoisotopic (exact) mass is 201 g/mol. The summed E-state index contributed by atoms with van der Waals surface area (Å²) in [6.07, 6.45) is 2.63. The first-order valence-corrected chi connectivity index (χ1v) is 5.05. The van der Waals surface area contributed by atoms with E-state index in [9.17, 15) is 0 Å². The maximum absolute atomic E-state index is 9.11. The summed E-state index contributed by atoms with van der Waals surface area (Å²) in [6.45, 7) is 5.12. The molecule has 0 saturated heterocycles. The molecule has 0 spiro atoms. The van der Waals surface area contributed by atoms with E-state index < -0.39 is 0 Å². The zero-order valence-electron chi connectivity index (χ0n) is 9.51. The average Bonchev–Trinajstić information content (AvgIpc) is 2.11. The SMILES string of the molecule is CN(CCCCC(=N)N)C(C)(C)CO. The summed E-state index contributed by atoms with van der Waals surface area (Å²) in [7, 11) is 2.00. The van der Waals surface area contributed by atoms with Crippen LogP contribution in [0.25, 0.3) is 0 Å². The minimum absolute atomic E-state index is 0.157. The highest BCUT2D eigenvalue weighted by atomic mass is 16.3. The quantitative estimate of drug-likeness (QED) is 0.324. The Morgan fingerprint density at radius 1 is 1.43 bits per heavy atom. The van der Waals surface area contributed by atoms with Gasteiger partial charge >= 0.3 is 0 Å². The molecule has 0 radical (unpaired) electrons. The molecule has 0 aliphatic rings. The summed E-state index contributed by atoms with van der Waals surface area (Å²) in [6, 6.07) is 0. The topological polar surface area (TPSA) is 73.3 Å². The minimum atomic E-state index is -0.157. The third-order valence-electron chi connectivity index (χ3n) is 2.61. The molecule has 0 fully saturated rings. The zero-order valence-corrected chi connectivity index (χ0v) is 9.51. The van der Waals surface area contributed by atoms with Gasteiger partial charge in [-0.3, -0.25) is 10.3 Å². The molecule has 0 bridgehead atoms. The molecular weight excluding hydrogens is 178 g/mol. The highest BCUT2D eigenvalue weighted by molar-refractivity contribution is 5.76. The van der Waals surface area contributed by atoms with Crippen LogP contribution >= 0.6 is 0 Å². The van der Waals surface area contributed by atoms with Crippen LogP contribution in [0.1, 0.15) is 33.1 Å². The molecule has 84 valence electrons. The van der Waals surface area contributed by atoms with Crippen LogP contribution in [0.4, 0.5) is 0 Å². The molecule has 0 aliphatic heterocycles. The van der Waals surface area contributed by atoms with Gasteiger partial charge in [0.15, 0.2) is 0 Å². The highest BCUT2D eigenvalue weighted by Gasteiger charge is 2.21. The number of aliphatic hydroxyl groups is 1. The molecule has 0 aromatic heterocycles. The molecule has 0 atom stereocenters. The fourth-order valence-electron chi connectivity index (χ4n) is 1.09. The summed E-state index contributed by atoms with van der Waals surface area (Å²) in [5.74, 6) is 0.258. The van der Waals surface area contributed by atoms with Crippen LogP contribution < -0.4 is 5.73 Å². The van der Waals surface area contributed by atoms with E-state index in [0.29, 0.717) is 6.42 Å². The van der Waals surface area contributed by atoms with Gasteiger partial charge in [0, 0.05) is 12.0 Å². The molecule has 4 heteroatoms.